The van der Waals surface area contributed by atoms with Crippen LogP contribution in [0.25, 0.3) is 0 Å². The Morgan fingerprint density at radius 3 is 2.50 bits per heavy atom. The van der Waals surface area contributed by atoms with E-state index in [9.17, 15) is 4.79 Å². The normalized spacial score (nSPS) is 30.2. The van der Waals surface area contributed by atoms with Crippen molar-refractivity contribution in [2.45, 2.75) is 65.9 Å². The standard InChI is InChI=1S/C13H23NO2.C2H6/c1-3-4-11-7-12(8-11)16-13(15)14-6-5-10(2)9-14;1-2/h10-12H,3-9H2,1-2H3;1-2H3. The zero-order valence-corrected chi connectivity index (χ0v) is 12.4. The largest absolute Gasteiger partial charge is 0.446 e. The number of rotatable bonds is 3. The first-order valence-corrected chi connectivity index (χ1v) is 7.64. The van der Waals surface area contributed by atoms with Crippen LogP contribution in [-0.2, 0) is 4.74 Å². The number of ether oxygens (including phenoxy) is 1. The third kappa shape index (κ3) is 4.18. The van der Waals surface area contributed by atoms with Crippen LogP contribution < -0.4 is 0 Å². The molecule has 2 rings (SSSR count). The maximum absolute atomic E-state index is 11.8. The van der Waals surface area contributed by atoms with Crippen molar-refractivity contribution in [3.05, 3.63) is 0 Å². The average molecular weight is 255 g/mol. The molecule has 0 aromatic carbocycles. The second kappa shape index (κ2) is 7.65. The van der Waals surface area contributed by atoms with Crippen molar-refractivity contribution in [1.29, 1.82) is 0 Å². The molecule has 1 aliphatic heterocycles. The van der Waals surface area contributed by atoms with Gasteiger partial charge >= 0.3 is 6.09 Å². The Morgan fingerprint density at radius 1 is 1.33 bits per heavy atom. The van der Waals surface area contributed by atoms with Crippen LogP contribution >= 0.6 is 0 Å². The van der Waals surface area contributed by atoms with Gasteiger partial charge in [-0.15, -0.1) is 0 Å². The lowest BCUT2D eigenvalue weighted by molar-refractivity contribution is -0.00126. The maximum Gasteiger partial charge on any atom is 0.410 e. The monoisotopic (exact) mass is 255 g/mol. The van der Waals surface area contributed by atoms with E-state index in [4.69, 9.17) is 4.74 Å². The van der Waals surface area contributed by atoms with E-state index in [0.29, 0.717) is 5.92 Å². The molecule has 18 heavy (non-hydrogen) atoms. The Kier molecular flexibility index (Phi) is 6.51. The number of hydrogen-bond donors (Lipinski definition) is 0. The zero-order valence-electron chi connectivity index (χ0n) is 12.4. The van der Waals surface area contributed by atoms with Gasteiger partial charge in [-0.2, -0.15) is 0 Å². The van der Waals surface area contributed by atoms with Gasteiger partial charge in [0.05, 0.1) is 0 Å². The summed E-state index contributed by atoms with van der Waals surface area (Å²) in [5.74, 6) is 1.45. The second-order valence-corrected chi connectivity index (χ2v) is 5.47. The molecule has 1 unspecified atom stereocenters. The van der Waals surface area contributed by atoms with E-state index in [1.54, 1.807) is 0 Å². The molecule has 3 nitrogen and oxygen atoms in total. The topological polar surface area (TPSA) is 29.5 Å². The zero-order chi connectivity index (χ0) is 13.5. The summed E-state index contributed by atoms with van der Waals surface area (Å²) in [6, 6.07) is 0. The second-order valence-electron chi connectivity index (χ2n) is 5.47. The van der Waals surface area contributed by atoms with Crippen molar-refractivity contribution in [2.75, 3.05) is 13.1 Å². The van der Waals surface area contributed by atoms with Crippen LogP contribution in [0, 0.1) is 11.8 Å². The molecular weight excluding hydrogens is 226 g/mol. The first-order chi connectivity index (χ1) is 8.69. The number of nitrogens with zero attached hydrogens (tertiary/aromatic N) is 1. The lowest BCUT2D eigenvalue weighted by Crippen LogP contribution is -2.38. The molecule has 1 heterocycles. The van der Waals surface area contributed by atoms with Gasteiger partial charge in [0.1, 0.15) is 6.10 Å². The van der Waals surface area contributed by atoms with Crippen LogP contribution in [0.4, 0.5) is 4.79 Å². The fourth-order valence-electron chi connectivity index (χ4n) is 2.73. The fraction of sp³-hybridized carbons (Fsp3) is 0.933. The van der Waals surface area contributed by atoms with E-state index in [0.717, 1.165) is 38.3 Å². The van der Waals surface area contributed by atoms with Crippen molar-refractivity contribution in [2.24, 2.45) is 11.8 Å². The SMILES string of the molecule is CC.CCCC1CC(OC(=O)N2CCC(C)C2)C1. The van der Waals surface area contributed by atoms with Crippen LogP contribution in [-0.4, -0.2) is 30.2 Å². The predicted molar refractivity (Wildman–Crippen MR) is 74.6 cm³/mol. The predicted octanol–water partition coefficient (Wildman–Crippen LogP) is 4.07. The van der Waals surface area contributed by atoms with Crippen molar-refractivity contribution >= 4 is 6.09 Å². The molecule has 1 aliphatic carbocycles. The Hall–Kier alpha value is -0.730. The third-order valence-electron chi connectivity index (χ3n) is 3.84. The van der Waals surface area contributed by atoms with E-state index in [1.165, 1.54) is 12.8 Å². The molecule has 106 valence electrons. The molecular formula is C15H29NO2. The van der Waals surface area contributed by atoms with Crippen LogP contribution in [0.3, 0.4) is 0 Å². The molecule has 0 aromatic rings. The minimum atomic E-state index is -0.0794. The van der Waals surface area contributed by atoms with Crippen LogP contribution in [0.5, 0.6) is 0 Å². The van der Waals surface area contributed by atoms with Gasteiger partial charge in [0, 0.05) is 13.1 Å². The van der Waals surface area contributed by atoms with E-state index < -0.39 is 0 Å². The molecule has 3 heteroatoms. The van der Waals surface area contributed by atoms with Gasteiger partial charge in [-0.25, -0.2) is 4.79 Å². The number of carbonyl (C=O) groups excluding carboxylic acids is 1. The van der Waals surface area contributed by atoms with E-state index >= 15 is 0 Å². The highest BCUT2D eigenvalue weighted by atomic mass is 16.6. The summed E-state index contributed by atoms with van der Waals surface area (Å²) >= 11 is 0. The van der Waals surface area contributed by atoms with Gasteiger partial charge in [0.2, 0.25) is 0 Å². The van der Waals surface area contributed by atoms with Crippen molar-refractivity contribution < 1.29 is 9.53 Å². The van der Waals surface area contributed by atoms with Crippen molar-refractivity contribution in [3.8, 4) is 0 Å². The minimum Gasteiger partial charge on any atom is -0.446 e. The van der Waals surface area contributed by atoms with E-state index in [2.05, 4.69) is 13.8 Å². The Balaban J connectivity index is 0.000000771. The Morgan fingerprint density at radius 2 is 2.00 bits per heavy atom. The van der Waals surface area contributed by atoms with E-state index in [-0.39, 0.29) is 12.2 Å². The van der Waals surface area contributed by atoms with Gasteiger partial charge in [0.25, 0.3) is 0 Å². The maximum atomic E-state index is 11.8. The number of amides is 1. The number of hydrogen-bond acceptors (Lipinski definition) is 2. The average Bonchev–Trinajstić information content (AvgIpc) is 2.76. The van der Waals surface area contributed by atoms with Crippen LogP contribution in [0.15, 0.2) is 0 Å². The highest BCUT2D eigenvalue weighted by Crippen LogP contribution is 2.34. The summed E-state index contributed by atoms with van der Waals surface area (Å²) in [6.45, 7) is 10.2. The summed E-state index contributed by atoms with van der Waals surface area (Å²) in [5.41, 5.74) is 0. The quantitative estimate of drug-likeness (QED) is 0.760. The highest BCUT2D eigenvalue weighted by molar-refractivity contribution is 5.68. The molecule has 0 aromatic heterocycles. The van der Waals surface area contributed by atoms with Gasteiger partial charge in [-0.1, -0.05) is 40.5 Å². The molecule has 1 amide bonds. The molecule has 1 atom stereocenters. The molecule has 0 radical (unpaired) electrons. The van der Waals surface area contributed by atoms with Crippen LogP contribution in [0.2, 0.25) is 0 Å². The molecule has 2 fully saturated rings. The first-order valence-electron chi connectivity index (χ1n) is 7.64. The lowest BCUT2D eigenvalue weighted by atomic mass is 9.79. The molecule has 2 aliphatic rings. The van der Waals surface area contributed by atoms with E-state index in [1.807, 2.05) is 18.7 Å². The minimum absolute atomic E-state index is 0.0794. The summed E-state index contributed by atoms with van der Waals surface area (Å²) in [4.78, 5) is 13.6. The summed E-state index contributed by atoms with van der Waals surface area (Å²) < 4.78 is 5.48. The van der Waals surface area contributed by atoms with Crippen LogP contribution in [0.1, 0.15) is 59.8 Å². The molecule has 1 saturated heterocycles. The number of carbonyl (C=O) groups is 1. The highest BCUT2D eigenvalue weighted by Gasteiger charge is 2.33. The fourth-order valence-corrected chi connectivity index (χ4v) is 2.73. The summed E-state index contributed by atoms with van der Waals surface area (Å²) in [7, 11) is 0. The molecule has 1 saturated carbocycles. The first kappa shape index (κ1) is 15.3. The summed E-state index contributed by atoms with van der Waals surface area (Å²) in [6.07, 6.45) is 5.96. The van der Waals surface area contributed by atoms with Gasteiger partial charge < -0.3 is 9.64 Å². The van der Waals surface area contributed by atoms with Gasteiger partial charge in [0.15, 0.2) is 0 Å². The lowest BCUT2D eigenvalue weighted by Gasteiger charge is -2.35. The Bertz CT molecular complexity index is 249. The molecule has 0 bridgehead atoms. The smallest absolute Gasteiger partial charge is 0.410 e. The summed E-state index contributed by atoms with van der Waals surface area (Å²) in [5, 5.41) is 0. The van der Waals surface area contributed by atoms with Gasteiger partial charge in [-0.3, -0.25) is 0 Å². The number of likely N-dealkylation sites (tertiary alicyclic amines) is 1. The molecule has 0 spiro atoms. The molecule has 0 N–H and O–H groups in total. The van der Waals surface area contributed by atoms with Gasteiger partial charge in [-0.05, 0) is 31.1 Å². The van der Waals surface area contributed by atoms with Crippen molar-refractivity contribution in [1.82, 2.24) is 4.90 Å². The third-order valence-corrected chi connectivity index (χ3v) is 3.84. The Labute approximate surface area is 112 Å². The van der Waals surface area contributed by atoms with Crippen molar-refractivity contribution in [3.63, 3.8) is 0 Å².